The number of nitrogens with zero attached hydrogens (tertiary/aromatic N) is 2. The Morgan fingerprint density at radius 3 is 2.26 bits per heavy atom. The average molecular weight is 414 g/mol. The van der Waals surface area contributed by atoms with Gasteiger partial charge in [-0.3, -0.25) is 0 Å². The highest BCUT2D eigenvalue weighted by Crippen LogP contribution is 2.35. The Morgan fingerprint density at radius 1 is 1.11 bits per heavy atom. The SMILES string of the molecule is O=C(O)C(F)(F)F.O=S(=O)(C1CC1)N1CCO[C@@H]2CN(CC3CC3)C[C@@H]2C1. The lowest BCUT2D eigenvalue weighted by molar-refractivity contribution is -0.192. The van der Waals surface area contributed by atoms with Gasteiger partial charge in [0.15, 0.2) is 0 Å². The first-order valence-corrected chi connectivity index (χ1v) is 10.7. The van der Waals surface area contributed by atoms with Crippen molar-refractivity contribution >= 4 is 16.0 Å². The number of hydrogen-bond acceptors (Lipinski definition) is 5. The smallest absolute Gasteiger partial charge is 0.475 e. The summed E-state index contributed by atoms with van der Waals surface area (Å²) in [5.41, 5.74) is 0. The average Bonchev–Trinajstić information content (AvgIpc) is 3.43. The van der Waals surface area contributed by atoms with Crippen LogP contribution in [0.3, 0.4) is 0 Å². The number of carbonyl (C=O) groups is 1. The van der Waals surface area contributed by atoms with Crippen LogP contribution in [0.15, 0.2) is 0 Å². The number of halogens is 3. The number of carboxylic acids is 1. The van der Waals surface area contributed by atoms with Crippen molar-refractivity contribution in [1.29, 1.82) is 0 Å². The maximum atomic E-state index is 12.4. The van der Waals surface area contributed by atoms with E-state index in [1.807, 2.05) is 0 Å². The van der Waals surface area contributed by atoms with E-state index in [9.17, 15) is 21.6 Å². The summed E-state index contributed by atoms with van der Waals surface area (Å²) in [5, 5.41) is 7.03. The van der Waals surface area contributed by atoms with Crippen LogP contribution in [0.1, 0.15) is 25.7 Å². The van der Waals surface area contributed by atoms with Crippen LogP contribution in [0.25, 0.3) is 0 Å². The van der Waals surface area contributed by atoms with E-state index in [1.165, 1.54) is 19.4 Å². The molecule has 2 aliphatic heterocycles. The molecule has 2 atom stereocenters. The van der Waals surface area contributed by atoms with Crippen molar-refractivity contribution < 1.29 is 36.2 Å². The minimum Gasteiger partial charge on any atom is -0.475 e. The molecule has 0 spiro atoms. The van der Waals surface area contributed by atoms with Gasteiger partial charge in [-0.1, -0.05) is 0 Å². The lowest BCUT2D eigenvalue weighted by atomic mass is 10.1. The number of alkyl halides is 3. The van der Waals surface area contributed by atoms with Gasteiger partial charge in [0.1, 0.15) is 0 Å². The van der Waals surface area contributed by atoms with Gasteiger partial charge >= 0.3 is 12.1 Å². The van der Waals surface area contributed by atoms with Gasteiger partial charge in [-0.15, -0.1) is 0 Å². The van der Waals surface area contributed by atoms with E-state index < -0.39 is 22.2 Å². The fourth-order valence-corrected chi connectivity index (χ4v) is 5.45. The van der Waals surface area contributed by atoms with Crippen LogP contribution >= 0.6 is 0 Å². The molecule has 0 amide bonds. The maximum absolute atomic E-state index is 12.4. The Kier molecular flexibility index (Phi) is 6.05. The second-order valence-electron chi connectivity index (χ2n) is 7.74. The summed E-state index contributed by atoms with van der Waals surface area (Å²) in [6.07, 6.45) is -0.402. The second-order valence-corrected chi connectivity index (χ2v) is 9.95. The molecule has 4 rings (SSSR count). The molecule has 4 fully saturated rings. The number of likely N-dealkylation sites (tertiary alicyclic amines) is 1. The van der Waals surface area contributed by atoms with Crippen LogP contribution in [0.2, 0.25) is 0 Å². The standard InChI is InChI=1S/C14H24N2O3S.C2HF3O2/c17-20(18,13-3-4-13)16-5-6-19-14-10-15(7-11-1-2-11)8-12(14)9-16;3-2(4,5)1(6)7/h11-14H,1-10H2;(H,6,7)/t12-,14-;/m1./s1. The van der Waals surface area contributed by atoms with Crippen LogP contribution in [-0.4, -0.2) is 85.6 Å². The molecule has 0 bridgehead atoms. The zero-order valence-corrected chi connectivity index (χ0v) is 15.7. The second kappa shape index (κ2) is 7.84. The highest BCUT2D eigenvalue weighted by Gasteiger charge is 2.45. The summed E-state index contributed by atoms with van der Waals surface area (Å²) in [7, 11) is -3.04. The van der Waals surface area contributed by atoms with Crippen molar-refractivity contribution in [3.63, 3.8) is 0 Å². The molecule has 1 N–H and O–H groups in total. The van der Waals surface area contributed by atoms with Crippen molar-refractivity contribution in [3.05, 3.63) is 0 Å². The molecule has 2 heterocycles. The Bertz CT molecular complexity index is 649. The van der Waals surface area contributed by atoms with Gasteiger partial charge in [0.05, 0.1) is 18.0 Å². The van der Waals surface area contributed by atoms with E-state index in [0.717, 1.165) is 31.8 Å². The zero-order chi connectivity index (χ0) is 19.8. The van der Waals surface area contributed by atoms with E-state index >= 15 is 0 Å². The maximum Gasteiger partial charge on any atom is 0.490 e. The van der Waals surface area contributed by atoms with Crippen LogP contribution in [0.5, 0.6) is 0 Å². The van der Waals surface area contributed by atoms with Gasteiger partial charge in [0.25, 0.3) is 0 Å². The van der Waals surface area contributed by atoms with Crippen LogP contribution in [0, 0.1) is 11.8 Å². The molecule has 0 aromatic rings. The predicted molar refractivity (Wildman–Crippen MR) is 89.6 cm³/mol. The fourth-order valence-electron chi connectivity index (χ4n) is 3.57. The summed E-state index contributed by atoms with van der Waals surface area (Å²) in [4.78, 5) is 11.4. The molecule has 0 radical (unpaired) electrons. The van der Waals surface area contributed by atoms with Gasteiger partial charge in [-0.05, 0) is 31.6 Å². The number of sulfonamides is 1. The van der Waals surface area contributed by atoms with Crippen LogP contribution in [0.4, 0.5) is 13.2 Å². The summed E-state index contributed by atoms with van der Waals surface area (Å²) < 4.78 is 64.2. The topological polar surface area (TPSA) is 87.1 Å². The van der Waals surface area contributed by atoms with E-state index in [-0.39, 0.29) is 11.4 Å². The molecular weight excluding hydrogens is 389 g/mol. The Morgan fingerprint density at radius 2 is 1.74 bits per heavy atom. The molecule has 2 saturated heterocycles. The van der Waals surface area contributed by atoms with E-state index in [4.69, 9.17) is 14.6 Å². The summed E-state index contributed by atoms with van der Waals surface area (Å²) in [6, 6.07) is 0. The number of fused-ring (bicyclic) bond motifs is 1. The largest absolute Gasteiger partial charge is 0.490 e. The van der Waals surface area contributed by atoms with Crippen molar-refractivity contribution in [3.8, 4) is 0 Å². The molecule has 4 aliphatic rings. The van der Waals surface area contributed by atoms with E-state index in [0.29, 0.717) is 25.6 Å². The summed E-state index contributed by atoms with van der Waals surface area (Å²) in [5.74, 6) is -1.50. The molecule has 0 aromatic heterocycles. The molecule has 0 unspecified atom stereocenters. The molecular formula is C16H25F3N2O5S. The molecule has 2 aliphatic carbocycles. The highest BCUT2D eigenvalue weighted by molar-refractivity contribution is 7.90. The number of rotatable bonds is 4. The third kappa shape index (κ3) is 5.55. The van der Waals surface area contributed by atoms with Crippen LogP contribution < -0.4 is 0 Å². The van der Waals surface area contributed by atoms with Gasteiger partial charge in [0.2, 0.25) is 10.0 Å². The first kappa shape index (κ1) is 20.8. The Balaban J connectivity index is 0.000000260. The highest BCUT2D eigenvalue weighted by atomic mass is 32.2. The van der Waals surface area contributed by atoms with E-state index in [1.54, 1.807) is 4.31 Å². The van der Waals surface area contributed by atoms with E-state index in [2.05, 4.69) is 4.90 Å². The molecule has 7 nitrogen and oxygen atoms in total. The van der Waals surface area contributed by atoms with Crippen molar-refractivity contribution in [1.82, 2.24) is 9.21 Å². The van der Waals surface area contributed by atoms with Gasteiger partial charge in [-0.2, -0.15) is 17.5 Å². The lowest BCUT2D eigenvalue weighted by Gasteiger charge is -2.23. The Hall–Kier alpha value is -0.910. The molecule has 11 heteroatoms. The third-order valence-corrected chi connectivity index (χ3v) is 7.69. The monoisotopic (exact) mass is 414 g/mol. The normalized spacial score (nSPS) is 30.2. The van der Waals surface area contributed by atoms with Crippen molar-refractivity contribution in [2.45, 2.75) is 43.2 Å². The van der Waals surface area contributed by atoms with Gasteiger partial charge in [-0.25, -0.2) is 13.2 Å². The number of aliphatic carboxylic acids is 1. The first-order chi connectivity index (χ1) is 12.6. The minimum atomic E-state index is -5.08. The zero-order valence-electron chi connectivity index (χ0n) is 14.9. The lowest BCUT2D eigenvalue weighted by Crippen LogP contribution is -2.39. The van der Waals surface area contributed by atoms with Crippen molar-refractivity contribution in [2.24, 2.45) is 11.8 Å². The number of hydrogen-bond donors (Lipinski definition) is 1. The number of ether oxygens (including phenoxy) is 1. The first-order valence-electron chi connectivity index (χ1n) is 9.20. The molecule has 27 heavy (non-hydrogen) atoms. The molecule has 0 aromatic carbocycles. The van der Waals surface area contributed by atoms with Gasteiger partial charge in [0, 0.05) is 38.6 Å². The summed E-state index contributed by atoms with van der Waals surface area (Å²) >= 11 is 0. The van der Waals surface area contributed by atoms with Gasteiger partial charge < -0.3 is 14.7 Å². The molecule has 156 valence electrons. The molecule has 2 saturated carbocycles. The predicted octanol–water partition coefficient (Wildman–Crippen LogP) is 1.15. The Labute approximate surface area is 156 Å². The minimum absolute atomic E-state index is 0.0944. The van der Waals surface area contributed by atoms with Crippen LogP contribution in [-0.2, 0) is 19.6 Å². The fraction of sp³-hybridized carbons (Fsp3) is 0.938. The quantitative estimate of drug-likeness (QED) is 0.743. The third-order valence-electron chi connectivity index (χ3n) is 5.33. The summed E-state index contributed by atoms with van der Waals surface area (Å²) in [6.45, 7) is 4.98. The number of carboxylic acid groups (broad SMARTS) is 1. The van der Waals surface area contributed by atoms with Crippen molar-refractivity contribution in [2.75, 3.05) is 39.3 Å².